The summed E-state index contributed by atoms with van der Waals surface area (Å²) >= 11 is 0. The van der Waals surface area contributed by atoms with Crippen LogP contribution in [0.2, 0.25) is 0 Å². The highest BCUT2D eigenvalue weighted by atomic mass is 16.5. The number of likely N-dealkylation sites (tertiary alicyclic amines) is 1. The van der Waals surface area contributed by atoms with Crippen LogP contribution in [0, 0.1) is 0 Å². The molecule has 0 radical (unpaired) electrons. The van der Waals surface area contributed by atoms with Crippen LogP contribution in [0.5, 0.6) is 0 Å². The zero-order valence-electron chi connectivity index (χ0n) is 10.8. The van der Waals surface area contributed by atoms with Crippen LogP contribution in [-0.2, 0) is 16.1 Å². The molecule has 98 valence electrons. The average molecular weight is 249 g/mol. The van der Waals surface area contributed by atoms with Crippen LogP contribution in [0.3, 0.4) is 0 Å². The van der Waals surface area contributed by atoms with Crippen molar-refractivity contribution in [2.45, 2.75) is 31.5 Å². The fourth-order valence-corrected chi connectivity index (χ4v) is 2.50. The number of benzene rings is 1. The first-order valence-corrected chi connectivity index (χ1v) is 6.16. The minimum absolute atomic E-state index is 0.231. The number of methoxy groups -OCH3 is 1. The summed E-state index contributed by atoms with van der Waals surface area (Å²) in [6, 6.07) is 9.81. The molecule has 0 aromatic heterocycles. The summed E-state index contributed by atoms with van der Waals surface area (Å²) in [5.41, 5.74) is -0.192. The molecule has 1 heterocycles. The van der Waals surface area contributed by atoms with Crippen molar-refractivity contribution in [2.24, 2.45) is 0 Å². The Labute approximate surface area is 107 Å². The minimum Gasteiger partial charge on any atom is -0.467 e. The van der Waals surface area contributed by atoms with E-state index in [0.29, 0.717) is 13.0 Å². The Hall–Kier alpha value is -1.39. The van der Waals surface area contributed by atoms with Gasteiger partial charge in [0.25, 0.3) is 0 Å². The second kappa shape index (κ2) is 5.08. The van der Waals surface area contributed by atoms with Crippen molar-refractivity contribution in [2.75, 3.05) is 13.7 Å². The van der Waals surface area contributed by atoms with Gasteiger partial charge in [-0.1, -0.05) is 30.3 Å². The highest BCUT2D eigenvalue weighted by molar-refractivity contribution is 5.80. The van der Waals surface area contributed by atoms with E-state index in [-0.39, 0.29) is 6.04 Å². The van der Waals surface area contributed by atoms with Crippen LogP contribution < -0.4 is 0 Å². The smallest absolute Gasteiger partial charge is 0.339 e. The third-order valence-electron chi connectivity index (χ3n) is 3.79. The van der Waals surface area contributed by atoms with Gasteiger partial charge >= 0.3 is 5.97 Å². The molecule has 0 saturated carbocycles. The van der Waals surface area contributed by atoms with Crippen molar-refractivity contribution >= 4 is 5.97 Å². The molecule has 1 aliphatic rings. The van der Waals surface area contributed by atoms with E-state index in [4.69, 9.17) is 4.74 Å². The average Bonchev–Trinajstić information content (AvgIpc) is 2.69. The third kappa shape index (κ3) is 2.26. The molecule has 1 N–H and O–H groups in total. The van der Waals surface area contributed by atoms with Gasteiger partial charge in [0.1, 0.15) is 0 Å². The van der Waals surface area contributed by atoms with Gasteiger partial charge in [0.15, 0.2) is 5.60 Å². The number of esters is 1. The van der Waals surface area contributed by atoms with Crippen molar-refractivity contribution < 1.29 is 14.6 Å². The first-order valence-electron chi connectivity index (χ1n) is 6.16. The molecule has 0 aliphatic carbocycles. The lowest BCUT2D eigenvalue weighted by molar-refractivity contribution is -0.164. The molecular weight excluding hydrogens is 230 g/mol. The maximum atomic E-state index is 11.6. The molecule has 2 unspecified atom stereocenters. The lowest BCUT2D eigenvalue weighted by Gasteiger charge is -2.29. The van der Waals surface area contributed by atoms with E-state index in [1.165, 1.54) is 12.7 Å². The molecule has 1 aliphatic heterocycles. The largest absolute Gasteiger partial charge is 0.467 e. The Morgan fingerprint density at radius 3 is 2.78 bits per heavy atom. The lowest BCUT2D eigenvalue weighted by atomic mass is 9.96. The van der Waals surface area contributed by atoms with Crippen molar-refractivity contribution in [3.8, 4) is 0 Å². The fraction of sp³-hybridized carbons (Fsp3) is 0.500. The zero-order valence-corrected chi connectivity index (χ0v) is 10.8. The lowest BCUT2D eigenvalue weighted by Crippen LogP contribution is -2.49. The van der Waals surface area contributed by atoms with Crippen LogP contribution >= 0.6 is 0 Å². The summed E-state index contributed by atoms with van der Waals surface area (Å²) in [5, 5.41) is 10.4. The number of hydrogen-bond acceptors (Lipinski definition) is 4. The van der Waals surface area contributed by atoms with Crippen LogP contribution in [0.4, 0.5) is 0 Å². The molecule has 0 bridgehead atoms. The SMILES string of the molecule is COC(=O)C1(O)CCN(Cc2ccccc2)C1C. The number of ether oxygens (including phenoxy) is 1. The van der Waals surface area contributed by atoms with Gasteiger partial charge in [-0.15, -0.1) is 0 Å². The molecule has 2 atom stereocenters. The highest BCUT2D eigenvalue weighted by Gasteiger charge is 2.50. The van der Waals surface area contributed by atoms with Crippen LogP contribution in [-0.4, -0.2) is 41.3 Å². The van der Waals surface area contributed by atoms with Gasteiger partial charge in [-0.25, -0.2) is 4.79 Å². The Balaban J connectivity index is 2.08. The number of aliphatic hydroxyl groups is 1. The van der Waals surface area contributed by atoms with E-state index in [1.54, 1.807) is 0 Å². The topological polar surface area (TPSA) is 49.8 Å². The minimum atomic E-state index is -1.37. The second-order valence-corrected chi connectivity index (χ2v) is 4.80. The van der Waals surface area contributed by atoms with Gasteiger partial charge in [-0.3, -0.25) is 4.90 Å². The van der Waals surface area contributed by atoms with Gasteiger partial charge in [-0.2, -0.15) is 0 Å². The fourth-order valence-electron chi connectivity index (χ4n) is 2.50. The predicted octanol–water partition coefficient (Wildman–Crippen LogP) is 1.18. The molecule has 18 heavy (non-hydrogen) atoms. The molecule has 1 fully saturated rings. The highest BCUT2D eigenvalue weighted by Crippen LogP contribution is 2.30. The molecule has 1 saturated heterocycles. The predicted molar refractivity (Wildman–Crippen MR) is 67.9 cm³/mol. The van der Waals surface area contributed by atoms with E-state index >= 15 is 0 Å². The third-order valence-corrected chi connectivity index (χ3v) is 3.79. The standard InChI is InChI=1S/C14H19NO3/c1-11-14(17,13(16)18-2)8-9-15(11)10-12-6-4-3-5-7-12/h3-7,11,17H,8-10H2,1-2H3. The van der Waals surface area contributed by atoms with Crippen molar-refractivity contribution in [1.29, 1.82) is 0 Å². The van der Waals surface area contributed by atoms with Gasteiger partial charge in [-0.05, 0) is 12.5 Å². The van der Waals surface area contributed by atoms with E-state index in [9.17, 15) is 9.90 Å². The summed E-state index contributed by atoms with van der Waals surface area (Å²) in [7, 11) is 1.31. The molecular formula is C14H19NO3. The van der Waals surface area contributed by atoms with Gasteiger partial charge in [0.05, 0.1) is 7.11 Å². The van der Waals surface area contributed by atoms with Crippen LogP contribution in [0.25, 0.3) is 0 Å². The Morgan fingerprint density at radius 1 is 1.50 bits per heavy atom. The van der Waals surface area contributed by atoms with Crippen LogP contribution in [0.15, 0.2) is 30.3 Å². The number of carbonyl (C=O) groups is 1. The van der Waals surface area contributed by atoms with E-state index in [1.807, 2.05) is 37.3 Å². The number of hydrogen-bond donors (Lipinski definition) is 1. The summed E-state index contributed by atoms with van der Waals surface area (Å²) in [6.07, 6.45) is 0.424. The summed E-state index contributed by atoms with van der Waals surface area (Å²) < 4.78 is 4.69. The molecule has 4 heteroatoms. The van der Waals surface area contributed by atoms with Gasteiger partial charge in [0.2, 0.25) is 0 Å². The molecule has 0 amide bonds. The second-order valence-electron chi connectivity index (χ2n) is 4.80. The Bertz CT molecular complexity index is 420. The van der Waals surface area contributed by atoms with Gasteiger partial charge < -0.3 is 9.84 Å². The molecule has 4 nitrogen and oxygen atoms in total. The number of carbonyl (C=O) groups excluding carboxylic acids is 1. The quantitative estimate of drug-likeness (QED) is 0.817. The Kier molecular flexibility index (Phi) is 3.68. The first kappa shape index (κ1) is 13.1. The van der Waals surface area contributed by atoms with E-state index in [2.05, 4.69) is 4.90 Å². The number of nitrogens with zero attached hydrogens (tertiary/aromatic N) is 1. The van der Waals surface area contributed by atoms with E-state index < -0.39 is 11.6 Å². The van der Waals surface area contributed by atoms with Crippen molar-refractivity contribution in [1.82, 2.24) is 4.90 Å². The number of rotatable bonds is 3. The molecule has 0 spiro atoms. The van der Waals surface area contributed by atoms with Crippen molar-refractivity contribution in [3.63, 3.8) is 0 Å². The maximum Gasteiger partial charge on any atom is 0.339 e. The summed E-state index contributed by atoms with van der Waals surface area (Å²) in [5.74, 6) is -0.537. The van der Waals surface area contributed by atoms with Crippen LogP contribution in [0.1, 0.15) is 18.9 Å². The summed E-state index contributed by atoms with van der Waals surface area (Å²) in [6.45, 7) is 3.30. The monoisotopic (exact) mass is 249 g/mol. The normalized spacial score (nSPS) is 28.3. The zero-order chi connectivity index (χ0) is 13.2. The van der Waals surface area contributed by atoms with E-state index in [0.717, 1.165) is 6.54 Å². The van der Waals surface area contributed by atoms with Gasteiger partial charge in [0, 0.05) is 25.6 Å². The maximum absolute atomic E-state index is 11.6. The van der Waals surface area contributed by atoms with Crippen molar-refractivity contribution in [3.05, 3.63) is 35.9 Å². The molecule has 1 aromatic carbocycles. The first-order chi connectivity index (χ1) is 8.58. The summed E-state index contributed by atoms with van der Waals surface area (Å²) in [4.78, 5) is 13.7. The molecule has 2 rings (SSSR count). The Morgan fingerprint density at radius 2 is 2.17 bits per heavy atom. The molecule has 1 aromatic rings.